The van der Waals surface area contributed by atoms with Crippen LogP contribution in [-0.2, 0) is 7.05 Å². The van der Waals surface area contributed by atoms with Crippen LogP contribution in [0.25, 0.3) is 0 Å². The Bertz CT molecular complexity index is 561. The summed E-state index contributed by atoms with van der Waals surface area (Å²) in [6.45, 7) is 1.89. The fourth-order valence-corrected chi connectivity index (χ4v) is 1.46. The number of carbonyl (C=O) groups excluding carboxylic acids is 1. The maximum Gasteiger partial charge on any atom is 0.278 e. The summed E-state index contributed by atoms with van der Waals surface area (Å²) in [5, 5.41) is 6.72. The van der Waals surface area contributed by atoms with E-state index in [-0.39, 0.29) is 11.6 Å². The Morgan fingerprint density at radius 2 is 2.29 bits per heavy atom. The van der Waals surface area contributed by atoms with Crippen LogP contribution in [0.2, 0.25) is 0 Å². The predicted octanol–water partition coefficient (Wildman–Crippen LogP) is 0.958. The predicted molar refractivity (Wildman–Crippen MR) is 64.5 cm³/mol. The highest BCUT2D eigenvalue weighted by molar-refractivity contribution is 6.06. The first kappa shape index (κ1) is 11.1. The first-order valence-corrected chi connectivity index (χ1v) is 5.09. The van der Waals surface area contributed by atoms with Crippen molar-refractivity contribution in [1.29, 1.82) is 0 Å². The van der Waals surface area contributed by atoms with Crippen LogP contribution in [-0.4, -0.2) is 20.7 Å². The molecule has 0 aliphatic heterocycles. The molecule has 0 radical (unpaired) electrons. The van der Waals surface area contributed by atoms with E-state index in [9.17, 15) is 4.79 Å². The molecule has 1 amide bonds. The summed E-state index contributed by atoms with van der Waals surface area (Å²) in [7, 11) is 1.71. The molecule has 88 valence electrons. The molecule has 17 heavy (non-hydrogen) atoms. The zero-order chi connectivity index (χ0) is 12.4. The third kappa shape index (κ3) is 2.25. The van der Waals surface area contributed by atoms with Crippen molar-refractivity contribution in [3.8, 4) is 0 Å². The molecule has 0 bridgehead atoms. The van der Waals surface area contributed by atoms with Crippen LogP contribution >= 0.6 is 0 Å². The van der Waals surface area contributed by atoms with Gasteiger partial charge in [0.2, 0.25) is 0 Å². The molecule has 2 heterocycles. The molecule has 0 spiro atoms. The third-order valence-corrected chi connectivity index (χ3v) is 2.36. The van der Waals surface area contributed by atoms with E-state index in [1.54, 1.807) is 25.6 Å². The number of pyridine rings is 1. The zero-order valence-electron chi connectivity index (χ0n) is 9.64. The summed E-state index contributed by atoms with van der Waals surface area (Å²) >= 11 is 0. The molecule has 0 fully saturated rings. The van der Waals surface area contributed by atoms with E-state index < -0.39 is 0 Å². The van der Waals surface area contributed by atoms with Crippen molar-refractivity contribution in [2.24, 2.45) is 7.05 Å². The van der Waals surface area contributed by atoms with Crippen LogP contribution in [0.15, 0.2) is 24.7 Å². The Labute approximate surface area is 98.5 Å². The van der Waals surface area contributed by atoms with Gasteiger partial charge in [-0.3, -0.25) is 14.5 Å². The van der Waals surface area contributed by atoms with Crippen molar-refractivity contribution in [2.45, 2.75) is 6.92 Å². The number of hydrogen-bond donors (Lipinski definition) is 2. The number of anilines is 2. The SMILES string of the molecule is Cc1ccncc1NC(=O)c1nn(C)cc1N. The van der Waals surface area contributed by atoms with Gasteiger partial charge in [-0.2, -0.15) is 5.10 Å². The number of nitrogens with two attached hydrogens (primary N) is 1. The van der Waals surface area contributed by atoms with Gasteiger partial charge in [0.25, 0.3) is 5.91 Å². The van der Waals surface area contributed by atoms with Crippen molar-refractivity contribution in [3.05, 3.63) is 35.9 Å². The molecule has 2 rings (SSSR count). The Kier molecular flexibility index (Phi) is 2.78. The molecular weight excluding hydrogens is 218 g/mol. The maximum absolute atomic E-state index is 11.9. The van der Waals surface area contributed by atoms with Crippen LogP contribution < -0.4 is 11.1 Å². The van der Waals surface area contributed by atoms with E-state index in [0.717, 1.165) is 5.56 Å². The second kappa shape index (κ2) is 4.25. The quantitative estimate of drug-likeness (QED) is 0.806. The first-order valence-electron chi connectivity index (χ1n) is 5.09. The lowest BCUT2D eigenvalue weighted by Crippen LogP contribution is -2.15. The van der Waals surface area contributed by atoms with Gasteiger partial charge in [0.1, 0.15) is 0 Å². The van der Waals surface area contributed by atoms with E-state index in [4.69, 9.17) is 5.73 Å². The zero-order valence-corrected chi connectivity index (χ0v) is 9.64. The third-order valence-electron chi connectivity index (χ3n) is 2.36. The highest BCUT2D eigenvalue weighted by Crippen LogP contribution is 2.15. The topological polar surface area (TPSA) is 85.8 Å². The monoisotopic (exact) mass is 231 g/mol. The largest absolute Gasteiger partial charge is 0.396 e. The summed E-state index contributed by atoms with van der Waals surface area (Å²) in [6.07, 6.45) is 4.84. The smallest absolute Gasteiger partial charge is 0.278 e. The van der Waals surface area contributed by atoms with Gasteiger partial charge in [-0.1, -0.05) is 0 Å². The van der Waals surface area contributed by atoms with Gasteiger partial charge in [0.15, 0.2) is 5.69 Å². The lowest BCUT2D eigenvalue weighted by atomic mass is 10.2. The molecule has 0 atom stereocenters. The van der Waals surface area contributed by atoms with Gasteiger partial charge in [0, 0.05) is 19.4 Å². The molecule has 2 aromatic heterocycles. The van der Waals surface area contributed by atoms with Crippen molar-refractivity contribution in [2.75, 3.05) is 11.1 Å². The number of rotatable bonds is 2. The summed E-state index contributed by atoms with van der Waals surface area (Å²) in [6, 6.07) is 1.82. The number of aromatic nitrogens is 3. The van der Waals surface area contributed by atoms with Gasteiger partial charge >= 0.3 is 0 Å². The minimum Gasteiger partial charge on any atom is -0.396 e. The van der Waals surface area contributed by atoms with Crippen LogP contribution in [0.4, 0.5) is 11.4 Å². The van der Waals surface area contributed by atoms with E-state index in [1.807, 2.05) is 13.0 Å². The average molecular weight is 231 g/mol. The molecular formula is C11H13N5O. The fourth-order valence-electron chi connectivity index (χ4n) is 1.46. The number of hydrogen-bond acceptors (Lipinski definition) is 4. The van der Waals surface area contributed by atoms with Crippen molar-refractivity contribution in [3.63, 3.8) is 0 Å². The number of nitrogen functional groups attached to an aromatic ring is 1. The average Bonchev–Trinajstić information content (AvgIpc) is 2.61. The number of nitrogens with one attached hydrogen (secondary N) is 1. The molecule has 0 aromatic carbocycles. The van der Waals surface area contributed by atoms with Gasteiger partial charge in [-0.25, -0.2) is 0 Å². The standard InChI is InChI=1S/C11H13N5O/c1-7-3-4-13-5-9(7)14-11(17)10-8(12)6-16(2)15-10/h3-6H,12H2,1-2H3,(H,14,17). The number of nitrogens with zero attached hydrogens (tertiary/aromatic N) is 3. The summed E-state index contributed by atoms with van der Waals surface area (Å²) in [5.41, 5.74) is 7.83. The summed E-state index contributed by atoms with van der Waals surface area (Å²) in [4.78, 5) is 15.9. The van der Waals surface area contributed by atoms with Crippen LogP contribution in [0.3, 0.4) is 0 Å². The van der Waals surface area contributed by atoms with E-state index in [2.05, 4.69) is 15.4 Å². The summed E-state index contributed by atoms with van der Waals surface area (Å²) < 4.78 is 1.50. The molecule has 0 unspecified atom stereocenters. The van der Waals surface area contributed by atoms with Crippen molar-refractivity contribution < 1.29 is 4.79 Å². The van der Waals surface area contributed by atoms with E-state index >= 15 is 0 Å². The molecule has 0 saturated heterocycles. The minimum absolute atomic E-state index is 0.218. The van der Waals surface area contributed by atoms with Crippen LogP contribution in [0.5, 0.6) is 0 Å². The normalized spacial score (nSPS) is 10.2. The Balaban J connectivity index is 2.23. The van der Waals surface area contributed by atoms with Crippen molar-refractivity contribution >= 4 is 17.3 Å². The van der Waals surface area contributed by atoms with E-state index in [1.165, 1.54) is 4.68 Å². The van der Waals surface area contributed by atoms with E-state index in [0.29, 0.717) is 11.4 Å². The van der Waals surface area contributed by atoms with Gasteiger partial charge in [-0.05, 0) is 18.6 Å². The van der Waals surface area contributed by atoms with Gasteiger partial charge in [-0.15, -0.1) is 0 Å². The van der Waals surface area contributed by atoms with Crippen LogP contribution in [0.1, 0.15) is 16.1 Å². The maximum atomic E-state index is 11.9. The number of aryl methyl sites for hydroxylation is 2. The minimum atomic E-state index is -0.334. The Morgan fingerprint density at radius 1 is 1.53 bits per heavy atom. The second-order valence-electron chi connectivity index (χ2n) is 3.75. The van der Waals surface area contributed by atoms with Gasteiger partial charge < -0.3 is 11.1 Å². The molecule has 6 nitrogen and oxygen atoms in total. The molecule has 0 aliphatic carbocycles. The fraction of sp³-hybridized carbons (Fsp3) is 0.182. The van der Waals surface area contributed by atoms with Gasteiger partial charge in [0.05, 0.1) is 17.6 Å². The molecule has 0 saturated carbocycles. The van der Waals surface area contributed by atoms with Crippen molar-refractivity contribution in [1.82, 2.24) is 14.8 Å². The molecule has 6 heteroatoms. The number of carbonyl (C=O) groups is 1. The summed E-state index contributed by atoms with van der Waals surface area (Å²) in [5.74, 6) is -0.334. The number of amides is 1. The Hall–Kier alpha value is -2.37. The second-order valence-corrected chi connectivity index (χ2v) is 3.75. The first-order chi connectivity index (χ1) is 8.08. The molecule has 2 aromatic rings. The molecule has 3 N–H and O–H groups in total. The Morgan fingerprint density at radius 3 is 2.88 bits per heavy atom. The lowest BCUT2D eigenvalue weighted by Gasteiger charge is -2.05. The highest BCUT2D eigenvalue weighted by atomic mass is 16.2. The molecule has 0 aliphatic rings. The highest BCUT2D eigenvalue weighted by Gasteiger charge is 2.14. The van der Waals surface area contributed by atoms with Crippen LogP contribution in [0, 0.1) is 6.92 Å². The lowest BCUT2D eigenvalue weighted by molar-refractivity contribution is 0.102.